The zero-order valence-corrected chi connectivity index (χ0v) is 14.3. The number of aryl methyl sites for hydroxylation is 2. The molecule has 1 atom stereocenters. The standard InChI is InChI=1S/C17H20N6O2/c1-12-3-5-18-17(20-12)24-11-16-10-22(8-14-7-13(2)25-21-14)9-15-4-6-19-23(15)16/h3-7,16H,8-11H2,1-2H3. The average Bonchev–Trinajstić information content (AvgIpc) is 3.21. The molecule has 1 unspecified atom stereocenters. The number of hydrogen-bond acceptors (Lipinski definition) is 7. The van der Waals surface area contributed by atoms with Gasteiger partial charge in [0.25, 0.3) is 0 Å². The first kappa shape index (κ1) is 15.8. The van der Waals surface area contributed by atoms with Crippen LogP contribution in [0.5, 0.6) is 6.01 Å². The Balaban J connectivity index is 1.46. The van der Waals surface area contributed by atoms with Gasteiger partial charge in [0.15, 0.2) is 0 Å². The minimum Gasteiger partial charge on any atom is -0.461 e. The van der Waals surface area contributed by atoms with E-state index in [2.05, 4.69) is 25.1 Å². The molecule has 4 heterocycles. The number of aromatic nitrogens is 5. The van der Waals surface area contributed by atoms with Gasteiger partial charge >= 0.3 is 6.01 Å². The van der Waals surface area contributed by atoms with Gasteiger partial charge in [-0.05, 0) is 26.0 Å². The van der Waals surface area contributed by atoms with Crippen LogP contribution in [0, 0.1) is 13.8 Å². The molecule has 4 rings (SSSR count). The van der Waals surface area contributed by atoms with Crippen LogP contribution in [0.2, 0.25) is 0 Å². The van der Waals surface area contributed by atoms with E-state index in [-0.39, 0.29) is 6.04 Å². The van der Waals surface area contributed by atoms with E-state index in [0.29, 0.717) is 12.6 Å². The van der Waals surface area contributed by atoms with Gasteiger partial charge in [-0.1, -0.05) is 5.16 Å². The molecule has 0 bridgehead atoms. The van der Waals surface area contributed by atoms with Crippen LogP contribution in [0.4, 0.5) is 0 Å². The molecule has 8 nitrogen and oxygen atoms in total. The van der Waals surface area contributed by atoms with Crippen molar-refractivity contribution >= 4 is 0 Å². The van der Waals surface area contributed by atoms with Crippen molar-refractivity contribution in [2.24, 2.45) is 0 Å². The van der Waals surface area contributed by atoms with Gasteiger partial charge in [-0.15, -0.1) is 0 Å². The van der Waals surface area contributed by atoms with Crippen LogP contribution in [0.1, 0.15) is 28.9 Å². The third-order valence-corrected chi connectivity index (χ3v) is 4.19. The fraction of sp³-hybridized carbons (Fsp3) is 0.412. The summed E-state index contributed by atoms with van der Waals surface area (Å²) in [4.78, 5) is 10.8. The summed E-state index contributed by atoms with van der Waals surface area (Å²) in [5.74, 6) is 0.827. The zero-order chi connectivity index (χ0) is 17.2. The molecule has 0 aliphatic carbocycles. The Bertz CT molecular complexity index is 858. The van der Waals surface area contributed by atoms with Crippen molar-refractivity contribution in [2.45, 2.75) is 33.0 Å². The van der Waals surface area contributed by atoms with Crippen molar-refractivity contribution in [3.8, 4) is 6.01 Å². The maximum absolute atomic E-state index is 5.81. The molecule has 0 radical (unpaired) electrons. The van der Waals surface area contributed by atoms with Gasteiger partial charge in [-0.3, -0.25) is 9.58 Å². The zero-order valence-electron chi connectivity index (χ0n) is 14.3. The van der Waals surface area contributed by atoms with E-state index >= 15 is 0 Å². The SMILES string of the molecule is Cc1ccnc(OCC2CN(Cc3cc(C)on3)Cc3ccnn32)n1. The van der Waals surface area contributed by atoms with Crippen molar-refractivity contribution < 1.29 is 9.26 Å². The molecular formula is C17H20N6O2. The van der Waals surface area contributed by atoms with E-state index < -0.39 is 0 Å². The molecule has 25 heavy (non-hydrogen) atoms. The Kier molecular flexibility index (Phi) is 4.19. The second kappa shape index (κ2) is 6.64. The lowest BCUT2D eigenvalue weighted by Gasteiger charge is -2.33. The number of nitrogens with zero attached hydrogens (tertiary/aromatic N) is 6. The Morgan fingerprint density at radius 2 is 2.20 bits per heavy atom. The van der Waals surface area contributed by atoms with Gasteiger partial charge in [0.2, 0.25) is 0 Å². The molecule has 0 spiro atoms. The third-order valence-electron chi connectivity index (χ3n) is 4.19. The van der Waals surface area contributed by atoms with E-state index in [4.69, 9.17) is 9.26 Å². The van der Waals surface area contributed by atoms with Crippen molar-refractivity contribution in [3.63, 3.8) is 0 Å². The molecule has 0 fully saturated rings. The minimum absolute atomic E-state index is 0.0934. The molecule has 1 aliphatic rings. The first-order valence-electron chi connectivity index (χ1n) is 8.27. The van der Waals surface area contributed by atoms with Crippen LogP contribution in [0.25, 0.3) is 0 Å². The van der Waals surface area contributed by atoms with Crippen molar-refractivity contribution in [1.29, 1.82) is 0 Å². The summed E-state index contributed by atoms with van der Waals surface area (Å²) in [7, 11) is 0. The van der Waals surface area contributed by atoms with Gasteiger partial charge < -0.3 is 9.26 Å². The quantitative estimate of drug-likeness (QED) is 0.701. The maximum Gasteiger partial charge on any atom is 0.316 e. The van der Waals surface area contributed by atoms with Gasteiger partial charge in [-0.25, -0.2) is 9.97 Å². The highest BCUT2D eigenvalue weighted by molar-refractivity contribution is 5.09. The summed E-state index contributed by atoms with van der Waals surface area (Å²) in [5, 5.41) is 8.54. The van der Waals surface area contributed by atoms with Gasteiger partial charge in [0, 0.05) is 43.8 Å². The molecule has 1 aliphatic heterocycles. The van der Waals surface area contributed by atoms with Crippen molar-refractivity contribution in [3.05, 3.63) is 53.4 Å². The van der Waals surface area contributed by atoms with E-state index in [0.717, 1.165) is 42.5 Å². The van der Waals surface area contributed by atoms with Crippen LogP contribution >= 0.6 is 0 Å². The molecule has 130 valence electrons. The monoisotopic (exact) mass is 340 g/mol. The Labute approximate surface area is 145 Å². The molecule has 0 N–H and O–H groups in total. The molecule has 0 saturated carbocycles. The number of ether oxygens (including phenoxy) is 1. The normalized spacial score (nSPS) is 17.4. The van der Waals surface area contributed by atoms with E-state index in [1.807, 2.05) is 42.9 Å². The molecule has 0 saturated heterocycles. The smallest absolute Gasteiger partial charge is 0.316 e. The predicted molar refractivity (Wildman–Crippen MR) is 88.9 cm³/mol. The van der Waals surface area contributed by atoms with Crippen LogP contribution in [-0.4, -0.2) is 43.0 Å². The second-order valence-electron chi connectivity index (χ2n) is 6.31. The molecule has 8 heteroatoms. The fourth-order valence-corrected chi connectivity index (χ4v) is 3.10. The maximum atomic E-state index is 5.81. The number of hydrogen-bond donors (Lipinski definition) is 0. The third kappa shape index (κ3) is 3.53. The molecule has 0 aromatic carbocycles. The first-order chi connectivity index (χ1) is 12.2. The predicted octanol–water partition coefficient (Wildman–Crippen LogP) is 1.91. The van der Waals surface area contributed by atoms with Crippen LogP contribution in [0.15, 0.2) is 35.1 Å². The van der Waals surface area contributed by atoms with Gasteiger partial charge in [-0.2, -0.15) is 5.10 Å². The van der Waals surface area contributed by atoms with Crippen LogP contribution in [-0.2, 0) is 13.1 Å². The Morgan fingerprint density at radius 1 is 1.28 bits per heavy atom. The lowest BCUT2D eigenvalue weighted by atomic mass is 10.2. The lowest BCUT2D eigenvalue weighted by Crippen LogP contribution is -2.39. The lowest BCUT2D eigenvalue weighted by molar-refractivity contribution is 0.121. The molecule has 3 aromatic rings. The van der Waals surface area contributed by atoms with Crippen molar-refractivity contribution in [2.75, 3.05) is 13.2 Å². The summed E-state index contributed by atoms with van der Waals surface area (Å²) in [5.41, 5.74) is 2.98. The van der Waals surface area contributed by atoms with Crippen LogP contribution < -0.4 is 4.74 Å². The highest BCUT2D eigenvalue weighted by Gasteiger charge is 2.27. The first-order valence-corrected chi connectivity index (χ1v) is 8.27. The largest absolute Gasteiger partial charge is 0.461 e. The summed E-state index contributed by atoms with van der Waals surface area (Å²) < 4.78 is 13.0. The van der Waals surface area contributed by atoms with Crippen molar-refractivity contribution in [1.82, 2.24) is 29.8 Å². The van der Waals surface area contributed by atoms with Gasteiger partial charge in [0.1, 0.15) is 12.4 Å². The summed E-state index contributed by atoms with van der Waals surface area (Å²) >= 11 is 0. The number of fused-ring (bicyclic) bond motifs is 1. The number of rotatable bonds is 5. The van der Waals surface area contributed by atoms with Crippen LogP contribution in [0.3, 0.4) is 0 Å². The molecule has 0 amide bonds. The van der Waals surface area contributed by atoms with E-state index in [9.17, 15) is 0 Å². The topological polar surface area (TPSA) is 82.1 Å². The fourth-order valence-electron chi connectivity index (χ4n) is 3.10. The summed E-state index contributed by atoms with van der Waals surface area (Å²) in [6.07, 6.45) is 3.53. The van der Waals surface area contributed by atoms with E-state index in [1.54, 1.807) is 6.20 Å². The second-order valence-corrected chi connectivity index (χ2v) is 6.31. The summed E-state index contributed by atoms with van der Waals surface area (Å²) in [6.45, 7) is 6.66. The summed E-state index contributed by atoms with van der Waals surface area (Å²) in [6, 6.07) is 6.35. The minimum atomic E-state index is 0.0934. The Hall–Kier alpha value is -2.74. The highest BCUT2D eigenvalue weighted by Crippen LogP contribution is 2.22. The Morgan fingerprint density at radius 3 is 3.00 bits per heavy atom. The molecule has 3 aromatic heterocycles. The average molecular weight is 340 g/mol. The van der Waals surface area contributed by atoms with Gasteiger partial charge in [0.05, 0.1) is 17.4 Å². The van der Waals surface area contributed by atoms with E-state index in [1.165, 1.54) is 0 Å². The highest BCUT2D eigenvalue weighted by atomic mass is 16.5. The molecular weight excluding hydrogens is 320 g/mol.